The van der Waals surface area contributed by atoms with E-state index in [9.17, 15) is 4.79 Å². The van der Waals surface area contributed by atoms with Gasteiger partial charge in [-0.25, -0.2) is 9.97 Å². The molecule has 0 saturated carbocycles. The molecule has 24 heavy (non-hydrogen) atoms. The van der Waals surface area contributed by atoms with Crippen LogP contribution >= 0.6 is 34.4 Å². The van der Waals surface area contributed by atoms with Crippen molar-refractivity contribution in [3.63, 3.8) is 0 Å². The van der Waals surface area contributed by atoms with Crippen molar-refractivity contribution < 1.29 is 0 Å². The number of nitrogens with one attached hydrogen (secondary N) is 1. The third-order valence-corrected chi connectivity index (χ3v) is 6.65. The molecular weight excluding hydrogens is 360 g/mol. The lowest BCUT2D eigenvalue weighted by Gasteiger charge is -2.10. The van der Waals surface area contributed by atoms with Crippen molar-refractivity contribution in [3.8, 4) is 10.4 Å². The van der Waals surface area contributed by atoms with E-state index in [4.69, 9.17) is 0 Å². The molecule has 122 valence electrons. The molecule has 4 aromatic rings. The number of rotatable bonds is 4. The fourth-order valence-electron chi connectivity index (χ4n) is 2.45. The molecule has 0 aliphatic carbocycles. The van der Waals surface area contributed by atoms with Gasteiger partial charge in [-0.15, -0.1) is 22.7 Å². The fraction of sp³-hybridized carbons (Fsp3) is 0.188. The van der Waals surface area contributed by atoms with E-state index in [-0.39, 0.29) is 10.8 Å². The lowest BCUT2D eigenvalue weighted by atomic mass is 10.2. The fourth-order valence-corrected chi connectivity index (χ4v) is 5.11. The molecule has 0 aliphatic heterocycles. The minimum absolute atomic E-state index is 0.00971. The van der Waals surface area contributed by atoms with Crippen molar-refractivity contribution in [2.45, 2.75) is 17.3 Å². The van der Waals surface area contributed by atoms with Crippen molar-refractivity contribution in [1.29, 1.82) is 0 Å². The Morgan fingerprint density at radius 3 is 2.96 bits per heavy atom. The Labute approximate surface area is 150 Å². The number of aromatic nitrogens is 4. The number of hydrogen-bond donors (Lipinski definition) is 1. The second-order valence-corrected chi connectivity index (χ2v) is 8.45. The predicted molar refractivity (Wildman–Crippen MR) is 101 cm³/mol. The zero-order chi connectivity index (χ0) is 16.7. The minimum Gasteiger partial charge on any atom is -0.329 e. The summed E-state index contributed by atoms with van der Waals surface area (Å²) in [4.78, 5) is 26.5. The molecule has 5 nitrogen and oxygen atoms in total. The molecule has 0 saturated heterocycles. The summed E-state index contributed by atoms with van der Waals surface area (Å²) in [5.41, 5.74) is 0.890. The molecule has 8 heteroatoms. The van der Waals surface area contributed by atoms with E-state index in [2.05, 4.69) is 15.0 Å². The number of imidazole rings is 1. The van der Waals surface area contributed by atoms with Crippen molar-refractivity contribution in [2.24, 2.45) is 7.05 Å². The van der Waals surface area contributed by atoms with Crippen LogP contribution in [0.1, 0.15) is 18.0 Å². The Balaban J connectivity index is 1.74. The van der Waals surface area contributed by atoms with Gasteiger partial charge in [0.25, 0.3) is 5.56 Å². The van der Waals surface area contributed by atoms with Gasteiger partial charge in [-0.05, 0) is 18.4 Å². The van der Waals surface area contributed by atoms with Gasteiger partial charge in [0.1, 0.15) is 10.7 Å². The van der Waals surface area contributed by atoms with Gasteiger partial charge in [-0.3, -0.25) is 4.79 Å². The summed E-state index contributed by atoms with van der Waals surface area (Å²) < 4.78 is 1.96. The van der Waals surface area contributed by atoms with Gasteiger partial charge in [0, 0.05) is 35.3 Å². The highest BCUT2D eigenvalue weighted by molar-refractivity contribution is 7.99. The van der Waals surface area contributed by atoms with E-state index in [1.165, 1.54) is 11.3 Å². The van der Waals surface area contributed by atoms with Gasteiger partial charge in [0.15, 0.2) is 5.16 Å². The van der Waals surface area contributed by atoms with E-state index in [1.54, 1.807) is 29.3 Å². The number of nitrogens with zero attached hydrogens (tertiary/aromatic N) is 3. The second kappa shape index (κ2) is 6.19. The van der Waals surface area contributed by atoms with Crippen LogP contribution in [0.25, 0.3) is 20.7 Å². The van der Waals surface area contributed by atoms with Crippen molar-refractivity contribution in [1.82, 2.24) is 19.5 Å². The van der Waals surface area contributed by atoms with Crippen LogP contribution in [-0.2, 0) is 7.05 Å². The van der Waals surface area contributed by atoms with Crippen LogP contribution in [0, 0.1) is 0 Å². The maximum Gasteiger partial charge on any atom is 0.260 e. The summed E-state index contributed by atoms with van der Waals surface area (Å²) in [5.74, 6) is 0.681. The molecule has 0 bridgehead atoms. The summed E-state index contributed by atoms with van der Waals surface area (Å²) in [7, 11) is 1.95. The molecule has 0 fully saturated rings. The quantitative estimate of drug-likeness (QED) is 0.541. The topological polar surface area (TPSA) is 63.6 Å². The van der Waals surface area contributed by atoms with Gasteiger partial charge in [-0.1, -0.05) is 17.8 Å². The van der Waals surface area contributed by atoms with Gasteiger partial charge in [0.05, 0.1) is 10.6 Å². The lowest BCUT2D eigenvalue weighted by Crippen LogP contribution is -2.12. The lowest BCUT2D eigenvalue weighted by molar-refractivity contribution is 0.783. The molecular formula is C16H14N4OS3. The number of thiophene rings is 2. The van der Waals surface area contributed by atoms with E-state index < -0.39 is 0 Å². The number of H-pyrrole nitrogens is 1. The molecule has 0 aliphatic rings. The first-order chi connectivity index (χ1) is 11.6. The first-order valence-corrected chi connectivity index (χ1v) is 9.96. The predicted octanol–water partition coefficient (Wildman–Crippen LogP) is 4.30. The summed E-state index contributed by atoms with van der Waals surface area (Å²) >= 11 is 4.72. The number of aryl methyl sites for hydroxylation is 1. The molecule has 0 unspecified atom stereocenters. The Kier molecular flexibility index (Phi) is 4.03. The smallest absolute Gasteiger partial charge is 0.260 e. The summed E-state index contributed by atoms with van der Waals surface area (Å²) in [5, 5.41) is 5.62. The standard InChI is InChI=1S/C16H14N4OS3/c1-9(24-16-17-5-6-20(16)2)13-18-14(21)12-10(8-23-15(12)19-13)11-4-3-7-22-11/h3-9H,1-2H3,(H,18,19,21)/t9-/m1/s1. The maximum atomic E-state index is 12.6. The Hall–Kier alpha value is -1.90. The van der Waals surface area contributed by atoms with E-state index in [0.717, 1.165) is 20.4 Å². The molecule has 4 aromatic heterocycles. The van der Waals surface area contributed by atoms with E-state index in [1.807, 2.05) is 47.6 Å². The average molecular weight is 375 g/mol. The average Bonchev–Trinajstić information content (AvgIpc) is 3.28. The molecule has 1 N–H and O–H groups in total. The van der Waals surface area contributed by atoms with Crippen LogP contribution in [-0.4, -0.2) is 19.5 Å². The third kappa shape index (κ3) is 2.70. The molecule has 0 spiro atoms. The second-order valence-electron chi connectivity index (χ2n) is 5.34. The van der Waals surface area contributed by atoms with Crippen molar-refractivity contribution in [2.75, 3.05) is 0 Å². The monoisotopic (exact) mass is 374 g/mol. The number of hydrogen-bond acceptors (Lipinski definition) is 6. The molecule has 4 rings (SSSR count). The maximum absolute atomic E-state index is 12.6. The van der Waals surface area contributed by atoms with Gasteiger partial charge in [-0.2, -0.15) is 0 Å². The third-order valence-electron chi connectivity index (χ3n) is 3.69. The molecule has 1 atom stereocenters. The highest BCUT2D eigenvalue weighted by Gasteiger charge is 2.18. The van der Waals surface area contributed by atoms with Crippen LogP contribution in [0.3, 0.4) is 0 Å². The highest BCUT2D eigenvalue weighted by Crippen LogP contribution is 2.36. The molecule has 4 heterocycles. The first-order valence-electron chi connectivity index (χ1n) is 7.33. The first kappa shape index (κ1) is 15.6. The minimum atomic E-state index is -0.0769. The Morgan fingerprint density at radius 2 is 2.25 bits per heavy atom. The van der Waals surface area contributed by atoms with Crippen LogP contribution in [0.5, 0.6) is 0 Å². The van der Waals surface area contributed by atoms with Gasteiger partial charge < -0.3 is 9.55 Å². The van der Waals surface area contributed by atoms with Crippen LogP contribution < -0.4 is 5.56 Å². The van der Waals surface area contributed by atoms with E-state index in [0.29, 0.717) is 11.2 Å². The SMILES string of the molecule is C[C@@H](Sc1nccn1C)c1nc2scc(-c3cccs3)c2c(=O)[nH]1. The summed E-state index contributed by atoms with van der Waals surface area (Å²) in [6.07, 6.45) is 3.67. The van der Waals surface area contributed by atoms with Gasteiger partial charge in [0.2, 0.25) is 0 Å². The summed E-state index contributed by atoms with van der Waals surface area (Å²) in [6.45, 7) is 2.03. The number of fused-ring (bicyclic) bond motifs is 1. The zero-order valence-corrected chi connectivity index (χ0v) is 15.5. The normalized spacial score (nSPS) is 12.8. The van der Waals surface area contributed by atoms with Gasteiger partial charge >= 0.3 is 0 Å². The Bertz CT molecular complexity index is 1050. The summed E-state index contributed by atoms with van der Waals surface area (Å²) in [6, 6.07) is 4.02. The van der Waals surface area contributed by atoms with Crippen molar-refractivity contribution in [3.05, 3.63) is 51.5 Å². The van der Waals surface area contributed by atoms with Crippen molar-refractivity contribution >= 4 is 44.7 Å². The molecule has 0 radical (unpaired) electrons. The highest BCUT2D eigenvalue weighted by atomic mass is 32.2. The van der Waals surface area contributed by atoms with E-state index >= 15 is 0 Å². The number of thioether (sulfide) groups is 1. The Morgan fingerprint density at radius 1 is 1.38 bits per heavy atom. The zero-order valence-electron chi connectivity index (χ0n) is 13.0. The largest absolute Gasteiger partial charge is 0.329 e. The molecule has 0 aromatic carbocycles. The number of aromatic amines is 1. The van der Waals surface area contributed by atoms with Crippen LogP contribution in [0.2, 0.25) is 0 Å². The van der Waals surface area contributed by atoms with Crippen LogP contribution in [0.15, 0.2) is 45.2 Å². The molecule has 0 amide bonds. The van der Waals surface area contributed by atoms with Crippen LogP contribution in [0.4, 0.5) is 0 Å².